The highest BCUT2D eigenvalue weighted by molar-refractivity contribution is 6.30. The number of nitrogens with zero attached hydrogens (tertiary/aromatic N) is 2. The van der Waals surface area contributed by atoms with Gasteiger partial charge in [-0.25, -0.2) is 0 Å². The number of nitriles is 1. The number of carbonyl (C=O) groups excluding carboxylic acids is 2. The van der Waals surface area contributed by atoms with Crippen molar-refractivity contribution in [3.8, 4) is 6.07 Å². The Morgan fingerprint density at radius 2 is 1.76 bits per heavy atom. The van der Waals surface area contributed by atoms with Gasteiger partial charge in [0, 0.05) is 54.6 Å². The molecule has 42 heavy (non-hydrogen) atoms. The van der Waals surface area contributed by atoms with Crippen LogP contribution in [0.4, 0.5) is 0 Å². The van der Waals surface area contributed by atoms with Crippen molar-refractivity contribution in [2.24, 2.45) is 5.41 Å². The van der Waals surface area contributed by atoms with Crippen LogP contribution in [0, 0.1) is 16.7 Å². The summed E-state index contributed by atoms with van der Waals surface area (Å²) in [5, 5.41) is 22.5. The van der Waals surface area contributed by atoms with Crippen LogP contribution in [-0.2, 0) is 15.0 Å². The molecule has 2 fully saturated rings. The summed E-state index contributed by atoms with van der Waals surface area (Å²) in [6.07, 6.45) is 3.35. The highest BCUT2D eigenvalue weighted by Crippen LogP contribution is 2.51. The van der Waals surface area contributed by atoms with Gasteiger partial charge in [-0.2, -0.15) is 5.26 Å². The molecule has 2 aliphatic heterocycles. The second-order valence-corrected chi connectivity index (χ2v) is 13.7. The number of piperidine rings is 1. The standard InChI is InChI=1S/C33H43Cl2N5O2/c1-22(41)40-17-13-27(14-18-40)37-15-6-16-38-31(42)30-29(23-7-5-8-26(35)19-23)33(21-36,24-9-11-25(34)12-10-24)28(39-30)20-32(2,3)4/h5,7-12,19,27-30,37,39H,6,13-18,20H2,1-4H3,(H,38,42)/t28-,29-,30+,33-/m0/s1. The van der Waals surface area contributed by atoms with Crippen molar-refractivity contribution in [3.63, 3.8) is 0 Å². The van der Waals surface area contributed by atoms with Gasteiger partial charge < -0.3 is 20.9 Å². The fourth-order valence-electron chi connectivity index (χ4n) is 6.57. The zero-order valence-electron chi connectivity index (χ0n) is 25.1. The molecular weight excluding hydrogens is 569 g/mol. The van der Waals surface area contributed by atoms with E-state index in [0.717, 1.165) is 50.0 Å². The van der Waals surface area contributed by atoms with Gasteiger partial charge in [0.2, 0.25) is 11.8 Å². The minimum absolute atomic E-state index is 0.0946. The Balaban J connectivity index is 1.53. The number of carbonyl (C=O) groups is 2. The van der Waals surface area contributed by atoms with Gasteiger partial charge in [0.05, 0.1) is 12.1 Å². The molecule has 3 N–H and O–H groups in total. The average molecular weight is 613 g/mol. The maximum absolute atomic E-state index is 13.9. The number of hydrogen-bond donors (Lipinski definition) is 3. The van der Waals surface area contributed by atoms with E-state index >= 15 is 0 Å². The van der Waals surface area contributed by atoms with Crippen molar-refractivity contribution in [2.45, 2.75) is 82.8 Å². The monoisotopic (exact) mass is 611 g/mol. The molecule has 0 aliphatic carbocycles. The van der Waals surface area contributed by atoms with Gasteiger partial charge in [0.15, 0.2) is 0 Å². The van der Waals surface area contributed by atoms with Crippen LogP contribution in [0.5, 0.6) is 0 Å². The Kier molecular flexibility index (Phi) is 10.6. The second kappa shape index (κ2) is 13.8. The molecule has 2 heterocycles. The molecule has 4 atom stereocenters. The minimum atomic E-state index is -1.03. The maximum atomic E-state index is 13.9. The van der Waals surface area contributed by atoms with Crippen molar-refractivity contribution in [3.05, 3.63) is 69.7 Å². The number of halogens is 2. The van der Waals surface area contributed by atoms with Crippen molar-refractivity contribution < 1.29 is 9.59 Å². The Morgan fingerprint density at radius 1 is 1.07 bits per heavy atom. The summed E-state index contributed by atoms with van der Waals surface area (Å²) >= 11 is 12.7. The van der Waals surface area contributed by atoms with E-state index < -0.39 is 17.4 Å². The number of hydrogen-bond acceptors (Lipinski definition) is 5. The van der Waals surface area contributed by atoms with Gasteiger partial charge in [-0.05, 0) is 73.0 Å². The lowest BCUT2D eigenvalue weighted by molar-refractivity contribution is -0.130. The number of benzene rings is 2. The first-order valence-corrected chi connectivity index (χ1v) is 15.7. The second-order valence-electron chi connectivity index (χ2n) is 12.9. The van der Waals surface area contributed by atoms with Crippen LogP contribution < -0.4 is 16.0 Å². The predicted octanol–water partition coefficient (Wildman–Crippen LogP) is 5.42. The summed E-state index contributed by atoms with van der Waals surface area (Å²) < 4.78 is 0. The summed E-state index contributed by atoms with van der Waals surface area (Å²) in [5.74, 6) is -0.465. The molecule has 2 aromatic rings. The summed E-state index contributed by atoms with van der Waals surface area (Å²) in [6.45, 7) is 10.9. The summed E-state index contributed by atoms with van der Waals surface area (Å²) in [4.78, 5) is 27.4. The lowest BCUT2D eigenvalue weighted by Crippen LogP contribution is -2.46. The molecule has 0 aromatic heterocycles. The Morgan fingerprint density at radius 3 is 2.36 bits per heavy atom. The molecule has 9 heteroatoms. The van der Waals surface area contributed by atoms with Gasteiger partial charge in [-0.1, -0.05) is 68.2 Å². The quantitative estimate of drug-likeness (QED) is 0.329. The lowest BCUT2D eigenvalue weighted by Gasteiger charge is -2.37. The van der Waals surface area contributed by atoms with E-state index in [1.54, 1.807) is 6.92 Å². The SMILES string of the molecule is CC(=O)N1CCC(NCCCNC(=O)[C@@H]2N[C@@H](CC(C)(C)C)[C@](C#N)(c3ccc(Cl)cc3)[C@H]2c2cccc(Cl)c2)CC1. The largest absolute Gasteiger partial charge is 0.355 e. The Bertz CT molecular complexity index is 1280. The third-order valence-electron chi connectivity index (χ3n) is 8.59. The minimum Gasteiger partial charge on any atom is -0.355 e. The van der Waals surface area contributed by atoms with Gasteiger partial charge in [-0.15, -0.1) is 0 Å². The van der Waals surface area contributed by atoms with Crippen LogP contribution in [0.25, 0.3) is 0 Å². The first-order valence-electron chi connectivity index (χ1n) is 14.9. The van der Waals surface area contributed by atoms with Crippen LogP contribution in [0.15, 0.2) is 48.5 Å². The Labute approximate surface area is 260 Å². The zero-order chi connectivity index (χ0) is 30.5. The van der Waals surface area contributed by atoms with E-state index in [4.69, 9.17) is 23.2 Å². The summed E-state index contributed by atoms with van der Waals surface area (Å²) in [5.41, 5.74) is 0.557. The van der Waals surface area contributed by atoms with E-state index in [0.29, 0.717) is 29.1 Å². The van der Waals surface area contributed by atoms with Crippen molar-refractivity contribution in [1.29, 1.82) is 5.26 Å². The molecule has 0 radical (unpaired) electrons. The third-order valence-corrected chi connectivity index (χ3v) is 9.08. The Hall–Kier alpha value is -2.63. The zero-order valence-corrected chi connectivity index (χ0v) is 26.6. The third kappa shape index (κ3) is 7.47. The van der Waals surface area contributed by atoms with Crippen LogP contribution in [0.3, 0.4) is 0 Å². The van der Waals surface area contributed by atoms with Crippen LogP contribution in [0.2, 0.25) is 10.0 Å². The predicted molar refractivity (Wildman–Crippen MR) is 169 cm³/mol. The lowest BCUT2D eigenvalue weighted by atomic mass is 9.63. The molecule has 0 bridgehead atoms. The fourth-order valence-corrected chi connectivity index (χ4v) is 6.90. The van der Waals surface area contributed by atoms with Crippen molar-refractivity contribution in [2.75, 3.05) is 26.2 Å². The summed E-state index contributed by atoms with van der Waals surface area (Å²) in [6, 6.07) is 17.1. The molecule has 0 saturated carbocycles. The van der Waals surface area contributed by atoms with Crippen LogP contribution in [0.1, 0.15) is 70.4 Å². The van der Waals surface area contributed by atoms with Crippen LogP contribution in [-0.4, -0.2) is 61.0 Å². The summed E-state index contributed by atoms with van der Waals surface area (Å²) in [7, 11) is 0. The average Bonchev–Trinajstić information content (AvgIpc) is 3.26. The highest BCUT2D eigenvalue weighted by Gasteiger charge is 2.59. The van der Waals surface area contributed by atoms with Gasteiger partial charge in [0.1, 0.15) is 5.41 Å². The number of nitrogens with one attached hydrogen (secondary N) is 3. The van der Waals surface area contributed by atoms with E-state index in [1.807, 2.05) is 53.4 Å². The smallest absolute Gasteiger partial charge is 0.237 e. The maximum Gasteiger partial charge on any atom is 0.237 e. The number of rotatable bonds is 9. The van der Waals surface area contributed by atoms with E-state index in [9.17, 15) is 14.9 Å². The molecule has 2 saturated heterocycles. The molecule has 0 spiro atoms. The van der Waals surface area contributed by atoms with Crippen molar-refractivity contribution in [1.82, 2.24) is 20.9 Å². The molecular formula is C33H43Cl2N5O2. The van der Waals surface area contributed by atoms with E-state index in [1.165, 1.54) is 0 Å². The molecule has 226 valence electrons. The van der Waals surface area contributed by atoms with Gasteiger partial charge in [-0.3, -0.25) is 9.59 Å². The van der Waals surface area contributed by atoms with Crippen molar-refractivity contribution >= 4 is 35.0 Å². The molecule has 2 aliphatic rings. The molecule has 7 nitrogen and oxygen atoms in total. The first-order chi connectivity index (χ1) is 19.9. The fraction of sp³-hybridized carbons (Fsp3) is 0.545. The molecule has 2 aromatic carbocycles. The normalized spacial score (nSPS) is 24.8. The first kappa shape index (κ1) is 32.3. The molecule has 2 amide bonds. The topological polar surface area (TPSA) is 97.3 Å². The van der Waals surface area contributed by atoms with E-state index in [2.05, 4.69) is 42.8 Å². The molecule has 0 unspecified atom stereocenters. The molecule has 4 rings (SSSR count). The van der Waals surface area contributed by atoms with Gasteiger partial charge in [0.25, 0.3) is 0 Å². The van der Waals surface area contributed by atoms with Gasteiger partial charge >= 0.3 is 0 Å². The number of likely N-dealkylation sites (tertiary alicyclic amines) is 1. The van der Waals surface area contributed by atoms with Crippen LogP contribution >= 0.6 is 23.2 Å². The highest BCUT2D eigenvalue weighted by atomic mass is 35.5. The number of amides is 2. The van der Waals surface area contributed by atoms with E-state index in [-0.39, 0.29) is 23.3 Å².